The van der Waals surface area contributed by atoms with Crippen molar-refractivity contribution in [3.63, 3.8) is 0 Å². The molecule has 0 bridgehead atoms. The number of sulfonamides is 1. The molecule has 0 amide bonds. The Morgan fingerprint density at radius 3 is 2.19 bits per heavy atom. The van der Waals surface area contributed by atoms with Crippen molar-refractivity contribution in [3.05, 3.63) is 29.8 Å². The molecule has 0 aliphatic heterocycles. The average Bonchev–Trinajstić information content (AvgIpc) is 2.27. The van der Waals surface area contributed by atoms with Gasteiger partial charge in [0.15, 0.2) is 0 Å². The topological polar surface area (TPSA) is 37.4 Å². The van der Waals surface area contributed by atoms with E-state index in [-0.39, 0.29) is 5.75 Å². The SMILES string of the molecule is CCSN(c1ccc(C)cc1)S(=O)(=O)CC. The maximum atomic E-state index is 11.9. The lowest BCUT2D eigenvalue weighted by molar-refractivity contribution is 0.599. The van der Waals surface area contributed by atoms with Crippen LogP contribution >= 0.6 is 11.9 Å². The molecule has 0 N–H and O–H groups in total. The molecule has 0 heterocycles. The first-order valence-electron chi connectivity index (χ1n) is 5.24. The van der Waals surface area contributed by atoms with Gasteiger partial charge in [-0.3, -0.25) is 0 Å². The van der Waals surface area contributed by atoms with Crippen LogP contribution in [0.25, 0.3) is 0 Å². The summed E-state index contributed by atoms with van der Waals surface area (Å²) in [5, 5.41) is 0. The van der Waals surface area contributed by atoms with E-state index < -0.39 is 10.0 Å². The number of rotatable bonds is 5. The molecule has 0 aliphatic rings. The van der Waals surface area contributed by atoms with Gasteiger partial charge in [0.1, 0.15) is 0 Å². The van der Waals surface area contributed by atoms with Crippen LogP contribution in [0, 0.1) is 6.92 Å². The molecule has 0 saturated carbocycles. The molecule has 3 nitrogen and oxygen atoms in total. The summed E-state index contributed by atoms with van der Waals surface area (Å²) in [7, 11) is -3.19. The molecule has 0 unspecified atom stereocenters. The summed E-state index contributed by atoms with van der Waals surface area (Å²) in [5.74, 6) is 0.848. The number of nitrogens with zero attached hydrogens (tertiary/aromatic N) is 1. The summed E-state index contributed by atoms with van der Waals surface area (Å²) in [6.07, 6.45) is 0. The molecule has 90 valence electrons. The second-order valence-corrected chi connectivity index (χ2v) is 6.92. The summed E-state index contributed by atoms with van der Waals surface area (Å²) in [6.45, 7) is 5.58. The van der Waals surface area contributed by atoms with Crippen molar-refractivity contribution in [1.29, 1.82) is 0 Å². The lowest BCUT2D eigenvalue weighted by Gasteiger charge is -2.21. The predicted molar refractivity (Wildman–Crippen MR) is 71.3 cm³/mol. The van der Waals surface area contributed by atoms with E-state index in [1.165, 1.54) is 15.7 Å². The van der Waals surface area contributed by atoms with E-state index in [1.54, 1.807) is 6.92 Å². The fourth-order valence-corrected chi connectivity index (χ4v) is 3.67. The molecule has 1 aromatic carbocycles. The van der Waals surface area contributed by atoms with Crippen molar-refractivity contribution in [1.82, 2.24) is 0 Å². The lowest BCUT2D eigenvalue weighted by Crippen LogP contribution is -2.26. The number of benzene rings is 1. The third-order valence-electron chi connectivity index (χ3n) is 2.11. The largest absolute Gasteiger partial charge is 0.244 e. The molecule has 5 heteroatoms. The van der Waals surface area contributed by atoms with Crippen molar-refractivity contribution in [3.8, 4) is 0 Å². The summed E-state index contributed by atoms with van der Waals surface area (Å²) in [4.78, 5) is 0. The maximum absolute atomic E-state index is 11.9. The third-order valence-corrected chi connectivity index (χ3v) is 5.26. The van der Waals surface area contributed by atoms with Crippen LogP contribution in [-0.4, -0.2) is 19.9 Å². The Hall–Kier alpha value is -0.680. The fourth-order valence-electron chi connectivity index (χ4n) is 1.22. The Morgan fingerprint density at radius 2 is 1.75 bits per heavy atom. The summed E-state index contributed by atoms with van der Waals surface area (Å²) in [5.41, 5.74) is 1.85. The second-order valence-electron chi connectivity index (χ2n) is 3.38. The van der Waals surface area contributed by atoms with Gasteiger partial charge >= 0.3 is 0 Å². The van der Waals surface area contributed by atoms with Crippen LogP contribution in [0.3, 0.4) is 0 Å². The molecule has 0 spiro atoms. The normalized spacial score (nSPS) is 11.4. The van der Waals surface area contributed by atoms with E-state index in [9.17, 15) is 8.42 Å². The van der Waals surface area contributed by atoms with Crippen molar-refractivity contribution in [2.24, 2.45) is 0 Å². The Labute approximate surface area is 102 Å². The van der Waals surface area contributed by atoms with Crippen LogP contribution in [0.15, 0.2) is 24.3 Å². The van der Waals surface area contributed by atoms with E-state index in [0.717, 1.165) is 17.0 Å². The monoisotopic (exact) mass is 259 g/mol. The van der Waals surface area contributed by atoms with Gasteiger partial charge in [-0.25, -0.2) is 12.1 Å². The van der Waals surface area contributed by atoms with Crippen LogP contribution in [0.2, 0.25) is 0 Å². The summed E-state index contributed by atoms with van der Waals surface area (Å²) in [6, 6.07) is 7.52. The van der Waals surface area contributed by atoms with Crippen LogP contribution in [-0.2, 0) is 10.0 Å². The van der Waals surface area contributed by atoms with E-state index in [1.807, 2.05) is 38.1 Å². The Bertz CT molecular complexity index is 426. The molecule has 0 radical (unpaired) electrons. The number of hydrogen-bond acceptors (Lipinski definition) is 3. The van der Waals surface area contributed by atoms with E-state index in [4.69, 9.17) is 0 Å². The van der Waals surface area contributed by atoms with Crippen molar-refractivity contribution >= 4 is 27.7 Å². The highest BCUT2D eigenvalue weighted by Crippen LogP contribution is 2.26. The standard InChI is InChI=1S/C11H17NO2S2/c1-4-15-12(16(13,14)5-2)11-8-6-10(3)7-9-11/h6-9H,4-5H2,1-3H3. The zero-order valence-corrected chi connectivity index (χ0v) is 11.4. The zero-order valence-electron chi connectivity index (χ0n) is 9.80. The molecular weight excluding hydrogens is 242 g/mol. The van der Waals surface area contributed by atoms with Gasteiger partial charge in [-0.05, 0) is 37.9 Å². The van der Waals surface area contributed by atoms with E-state index in [2.05, 4.69) is 0 Å². The highest BCUT2D eigenvalue weighted by atomic mass is 32.3. The second kappa shape index (κ2) is 5.59. The average molecular weight is 259 g/mol. The predicted octanol–water partition coefficient (Wildman–Crippen LogP) is 2.82. The minimum absolute atomic E-state index is 0.119. The minimum Gasteiger partial charge on any atom is -0.212 e. The first-order chi connectivity index (χ1) is 7.51. The number of anilines is 1. The van der Waals surface area contributed by atoms with Gasteiger partial charge < -0.3 is 0 Å². The smallest absolute Gasteiger partial charge is 0.212 e. The first kappa shape index (κ1) is 13.4. The number of aryl methyl sites for hydroxylation is 1. The quantitative estimate of drug-likeness (QED) is 0.763. The van der Waals surface area contributed by atoms with Gasteiger partial charge in [-0.1, -0.05) is 24.6 Å². The van der Waals surface area contributed by atoms with E-state index in [0.29, 0.717) is 0 Å². The summed E-state index contributed by atoms with van der Waals surface area (Å²) < 4.78 is 25.2. The van der Waals surface area contributed by atoms with Gasteiger partial charge in [-0.15, -0.1) is 0 Å². The van der Waals surface area contributed by atoms with Crippen molar-refractivity contribution in [2.45, 2.75) is 20.8 Å². The number of hydrogen-bond donors (Lipinski definition) is 0. The molecular formula is C11H17NO2S2. The van der Waals surface area contributed by atoms with Crippen molar-refractivity contribution < 1.29 is 8.42 Å². The maximum Gasteiger partial charge on any atom is 0.244 e. The molecule has 0 fully saturated rings. The van der Waals surface area contributed by atoms with Gasteiger partial charge in [0, 0.05) is 5.75 Å². The molecule has 0 atom stereocenters. The van der Waals surface area contributed by atoms with Crippen LogP contribution < -0.4 is 3.71 Å². The summed E-state index contributed by atoms with van der Waals surface area (Å²) >= 11 is 1.31. The first-order valence-corrected chi connectivity index (χ1v) is 7.79. The van der Waals surface area contributed by atoms with Gasteiger partial charge in [0.2, 0.25) is 10.0 Å². The lowest BCUT2D eigenvalue weighted by atomic mass is 10.2. The fraction of sp³-hybridized carbons (Fsp3) is 0.455. The van der Waals surface area contributed by atoms with Crippen LogP contribution in [0.4, 0.5) is 5.69 Å². The Kier molecular flexibility index (Phi) is 4.68. The van der Waals surface area contributed by atoms with E-state index >= 15 is 0 Å². The van der Waals surface area contributed by atoms with Gasteiger partial charge in [-0.2, -0.15) is 0 Å². The van der Waals surface area contributed by atoms with Gasteiger partial charge in [0.05, 0.1) is 11.4 Å². The van der Waals surface area contributed by atoms with Crippen LogP contribution in [0.1, 0.15) is 19.4 Å². The Balaban J connectivity index is 3.08. The van der Waals surface area contributed by atoms with Crippen molar-refractivity contribution in [2.75, 3.05) is 15.2 Å². The highest BCUT2D eigenvalue weighted by molar-refractivity contribution is 8.14. The molecule has 0 aliphatic carbocycles. The molecule has 1 aromatic rings. The third kappa shape index (κ3) is 3.15. The minimum atomic E-state index is -3.19. The molecule has 1 rings (SSSR count). The van der Waals surface area contributed by atoms with Crippen LogP contribution in [0.5, 0.6) is 0 Å². The highest BCUT2D eigenvalue weighted by Gasteiger charge is 2.20. The Morgan fingerprint density at radius 1 is 1.19 bits per heavy atom. The molecule has 0 saturated heterocycles. The molecule has 0 aromatic heterocycles. The zero-order chi connectivity index (χ0) is 12.2. The molecule has 16 heavy (non-hydrogen) atoms. The van der Waals surface area contributed by atoms with Gasteiger partial charge in [0.25, 0.3) is 0 Å².